The van der Waals surface area contributed by atoms with E-state index in [0.29, 0.717) is 0 Å². The van der Waals surface area contributed by atoms with Gasteiger partial charge in [0, 0.05) is 4.88 Å². The fourth-order valence-electron chi connectivity index (χ4n) is 1.46. The van der Waals surface area contributed by atoms with Gasteiger partial charge in [-0.25, -0.2) is 0 Å². The standard InChI is InChI=1S/C14H16N2S/c1-10-4-7-13(8-5-10)16-15-12(3)14-9-6-11(2)17-14/h4-9,16H,1-3H3/b15-12-. The van der Waals surface area contributed by atoms with E-state index in [1.54, 1.807) is 11.3 Å². The summed E-state index contributed by atoms with van der Waals surface area (Å²) in [6.07, 6.45) is 0. The summed E-state index contributed by atoms with van der Waals surface area (Å²) in [6, 6.07) is 12.4. The first kappa shape index (κ1) is 11.9. The van der Waals surface area contributed by atoms with Crippen LogP contribution in [0.15, 0.2) is 41.5 Å². The molecule has 0 bridgehead atoms. The van der Waals surface area contributed by atoms with Gasteiger partial charge in [-0.15, -0.1) is 11.3 Å². The number of nitrogens with zero attached hydrogens (tertiary/aromatic N) is 1. The number of hydrazone groups is 1. The average molecular weight is 244 g/mol. The van der Waals surface area contributed by atoms with E-state index in [1.807, 2.05) is 19.1 Å². The van der Waals surface area contributed by atoms with Gasteiger partial charge in [0.2, 0.25) is 0 Å². The molecule has 88 valence electrons. The van der Waals surface area contributed by atoms with Crippen LogP contribution in [0.3, 0.4) is 0 Å². The number of benzene rings is 1. The first-order valence-electron chi connectivity index (χ1n) is 5.59. The van der Waals surface area contributed by atoms with E-state index in [4.69, 9.17) is 0 Å². The normalized spacial score (nSPS) is 11.6. The van der Waals surface area contributed by atoms with Gasteiger partial charge < -0.3 is 0 Å². The second kappa shape index (κ2) is 5.15. The van der Waals surface area contributed by atoms with Crippen LogP contribution in [0.25, 0.3) is 0 Å². The van der Waals surface area contributed by atoms with E-state index < -0.39 is 0 Å². The summed E-state index contributed by atoms with van der Waals surface area (Å²) in [7, 11) is 0. The fraction of sp³-hybridized carbons (Fsp3) is 0.214. The Morgan fingerprint density at radius 3 is 2.35 bits per heavy atom. The van der Waals surface area contributed by atoms with Crippen LogP contribution < -0.4 is 5.43 Å². The number of thiophene rings is 1. The Balaban J connectivity index is 2.08. The molecule has 2 rings (SSSR count). The summed E-state index contributed by atoms with van der Waals surface area (Å²) in [5.41, 5.74) is 6.36. The van der Waals surface area contributed by atoms with Gasteiger partial charge >= 0.3 is 0 Å². The molecule has 0 aliphatic heterocycles. The zero-order chi connectivity index (χ0) is 12.3. The molecule has 2 aromatic rings. The zero-order valence-corrected chi connectivity index (χ0v) is 11.1. The van der Waals surface area contributed by atoms with Crippen molar-refractivity contribution in [1.82, 2.24) is 0 Å². The van der Waals surface area contributed by atoms with E-state index in [0.717, 1.165) is 11.4 Å². The monoisotopic (exact) mass is 244 g/mol. The van der Waals surface area contributed by atoms with Crippen LogP contribution in [0.4, 0.5) is 5.69 Å². The number of nitrogens with one attached hydrogen (secondary N) is 1. The lowest BCUT2D eigenvalue weighted by Gasteiger charge is -2.02. The SMILES string of the molecule is C/C(=N/Nc1ccc(C)cc1)c1ccc(C)s1. The van der Waals surface area contributed by atoms with E-state index in [2.05, 4.69) is 48.6 Å². The second-order valence-corrected chi connectivity index (χ2v) is 5.37. The van der Waals surface area contributed by atoms with Gasteiger partial charge in [0.1, 0.15) is 0 Å². The van der Waals surface area contributed by atoms with Gasteiger partial charge in [0.25, 0.3) is 0 Å². The van der Waals surface area contributed by atoms with Crippen molar-refractivity contribution in [3.05, 3.63) is 51.7 Å². The van der Waals surface area contributed by atoms with Crippen molar-refractivity contribution < 1.29 is 0 Å². The molecular weight excluding hydrogens is 228 g/mol. The number of anilines is 1. The summed E-state index contributed by atoms with van der Waals surface area (Å²) in [5, 5.41) is 4.38. The maximum Gasteiger partial charge on any atom is 0.0748 e. The highest BCUT2D eigenvalue weighted by Gasteiger charge is 2.00. The highest BCUT2D eigenvalue weighted by molar-refractivity contribution is 7.14. The summed E-state index contributed by atoms with van der Waals surface area (Å²) >= 11 is 1.76. The molecule has 0 amide bonds. The minimum atomic E-state index is 1.02. The lowest BCUT2D eigenvalue weighted by molar-refractivity contribution is 1.32. The average Bonchev–Trinajstić information content (AvgIpc) is 2.75. The Morgan fingerprint density at radius 1 is 1.06 bits per heavy atom. The van der Waals surface area contributed by atoms with Gasteiger partial charge in [-0.1, -0.05) is 17.7 Å². The van der Waals surface area contributed by atoms with Crippen LogP contribution in [-0.4, -0.2) is 5.71 Å². The molecule has 0 aliphatic rings. The minimum Gasteiger partial charge on any atom is -0.278 e. The molecule has 0 saturated carbocycles. The molecule has 0 radical (unpaired) electrons. The number of rotatable bonds is 3. The molecule has 0 aliphatic carbocycles. The number of hydrogen-bond acceptors (Lipinski definition) is 3. The van der Waals surface area contributed by atoms with Gasteiger partial charge in [-0.3, -0.25) is 5.43 Å². The van der Waals surface area contributed by atoms with E-state index >= 15 is 0 Å². The summed E-state index contributed by atoms with van der Waals surface area (Å²) in [6.45, 7) is 6.20. The zero-order valence-electron chi connectivity index (χ0n) is 10.3. The van der Waals surface area contributed by atoms with E-state index in [1.165, 1.54) is 15.3 Å². The molecule has 0 saturated heterocycles. The number of aryl methyl sites for hydroxylation is 2. The van der Waals surface area contributed by atoms with Crippen molar-refractivity contribution in [3.63, 3.8) is 0 Å². The lowest BCUT2D eigenvalue weighted by atomic mass is 10.2. The van der Waals surface area contributed by atoms with Crippen LogP contribution in [0.1, 0.15) is 22.2 Å². The quantitative estimate of drug-likeness (QED) is 0.635. The van der Waals surface area contributed by atoms with Crippen molar-refractivity contribution in [2.45, 2.75) is 20.8 Å². The molecule has 3 heteroatoms. The maximum absolute atomic E-state index is 4.38. The maximum atomic E-state index is 4.38. The van der Waals surface area contributed by atoms with Crippen molar-refractivity contribution in [2.75, 3.05) is 5.43 Å². The molecule has 17 heavy (non-hydrogen) atoms. The topological polar surface area (TPSA) is 24.4 Å². The van der Waals surface area contributed by atoms with Crippen molar-refractivity contribution in [2.24, 2.45) is 5.10 Å². The Morgan fingerprint density at radius 2 is 1.76 bits per heavy atom. The molecule has 1 aromatic carbocycles. The molecule has 2 nitrogen and oxygen atoms in total. The third-order valence-corrected chi connectivity index (χ3v) is 3.61. The summed E-state index contributed by atoms with van der Waals surface area (Å²) < 4.78 is 0. The first-order valence-corrected chi connectivity index (χ1v) is 6.40. The van der Waals surface area contributed by atoms with Gasteiger partial charge in [0.15, 0.2) is 0 Å². The van der Waals surface area contributed by atoms with Crippen molar-refractivity contribution in [3.8, 4) is 0 Å². The molecule has 1 aromatic heterocycles. The Hall–Kier alpha value is -1.61. The number of hydrogen-bond donors (Lipinski definition) is 1. The van der Waals surface area contributed by atoms with Crippen molar-refractivity contribution in [1.29, 1.82) is 0 Å². The molecule has 0 fully saturated rings. The Kier molecular flexibility index (Phi) is 3.59. The Labute approximate surface area is 106 Å². The third kappa shape index (κ3) is 3.17. The van der Waals surface area contributed by atoms with Gasteiger partial charge in [0.05, 0.1) is 16.3 Å². The first-order chi connectivity index (χ1) is 8.15. The summed E-state index contributed by atoms with van der Waals surface area (Å²) in [4.78, 5) is 2.52. The second-order valence-electron chi connectivity index (χ2n) is 4.09. The molecule has 0 spiro atoms. The predicted octanol–water partition coefficient (Wildman–Crippen LogP) is 4.20. The summed E-state index contributed by atoms with van der Waals surface area (Å²) in [5.74, 6) is 0. The van der Waals surface area contributed by atoms with E-state index in [-0.39, 0.29) is 0 Å². The third-order valence-electron chi connectivity index (χ3n) is 2.50. The minimum absolute atomic E-state index is 1.02. The molecule has 1 heterocycles. The van der Waals surface area contributed by atoms with Crippen LogP contribution in [0.2, 0.25) is 0 Å². The van der Waals surface area contributed by atoms with Gasteiger partial charge in [-0.05, 0) is 45.0 Å². The van der Waals surface area contributed by atoms with Crippen LogP contribution in [-0.2, 0) is 0 Å². The molecular formula is C14H16N2S. The van der Waals surface area contributed by atoms with Crippen LogP contribution >= 0.6 is 11.3 Å². The highest BCUT2D eigenvalue weighted by Crippen LogP contribution is 2.16. The smallest absolute Gasteiger partial charge is 0.0748 e. The Bertz CT molecular complexity index is 523. The van der Waals surface area contributed by atoms with Crippen molar-refractivity contribution >= 4 is 22.7 Å². The fourth-order valence-corrected chi connectivity index (χ4v) is 2.27. The van der Waals surface area contributed by atoms with Crippen LogP contribution in [0, 0.1) is 13.8 Å². The molecule has 0 atom stereocenters. The van der Waals surface area contributed by atoms with E-state index in [9.17, 15) is 0 Å². The molecule has 1 N–H and O–H groups in total. The molecule has 0 unspecified atom stereocenters. The lowest BCUT2D eigenvalue weighted by Crippen LogP contribution is -1.97. The van der Waals surface area contributed by atoms with Gasteiger partial charge in [-0.2, -0.15) is 5.10 Å². The highest BCUT2D eigenvalue weighted by atomic mass is 32.1. The largest absolute Gasteiger partial charge is 0.278 e. The van der Waals surface area contributed by atoms with Crippen LogP contribution in [0.5, 0.6) is 0 Å². The predicted molar refractivity (Wildman–Crippen MR) is 76.1 cm³/mol.